The third kappa shape index (κ3) is 4.42. The van der Waals surface area contributed by atoms with Crippen molar-refractivity contribution in [2.24, 2.45) is 11.8 Å². The zero-order valence-electron chi connectivity index (χ0n) is 16.6. The molecule has 0 aliphatic carbocycles. The maximum atomic E-state index is 13.4. The number of amides is 1. The first-order chi connectivity index (χ1) is 14.1. The lowest BCUT2D eigenvalue weighted by Crippen LogP contribution is -2.53. The molecular formula is C24H26FN3O. The van der Waals surface area contributed by atoms with Crippen LogP contribution in [0.25, 0.3) is 0 Å². The van der Waals surface area contributed by atoms with Crippen molar-refractivity contribution in [1.29, 1.82) is 5.26 Å². The molecule has 0 atom stereocenters. The van der Waals surface area contributed by atoms with Crippen molar-refractivity contribution in [2.75, 3.05) is 31.1 Å². The third-order valence-electron chi connectivity index (χ3n) is 6.22. The highest BCUT2D eigenvalue weighted by atomic mass is 19.1. The lowest BCUT2D eigenvalue weighted by atomic mass is 9.88. The Morgan fingerprint density at radius 3 is 2.52 bits per heavy atom. The van der Waals surface area contributed by atoms with Crippen LogP contribution in [0.5, 0.6) is 0 Å². The minimum atomic E-state index is -0.394. The normalized spacial score (nSPS) is 17.7. The van der Waals surface area contributed by atoms with Gasteiger partial charge in [0.2, 0.25) is 5.91 Å². The molecule has 2 aromatic carbocycles. The molecule has 2 aliphatic heterocycles. The molecule has 29 heavy (non-hydrogen) atoms. The van der Waals surface area contributed by atoms with Gasteiger partial charge in [0, 0.05) is 32.1 Å². The van der Waals surface area contributed by atoms with E-state index in [9.17, 15) is 14.4 Å². The summed E-state index contributed by atoms with van der Waals surface area (Å²) >= 11 is 0. The van der Waals surface area contributed by atoms with Crippen LogP contribution in [0.1, 0.15) is 30.4 Å². The van der Waals surface area contributed by atoms with Crippen LogP contribution in [-0.2, 0) is 11.2 Å². The van der Waals surface area contributed by atoms with Gasteiger partial charge in [0.05, 0.1) is 11.3 Å². The molecule has 150 valence electrons. The summed E-state index contributed by atoms with van der Waals surface area (Å²) in [7, 11) is 0. The van der Waals surface area contributed by atoms with Gasteiger partial charge in [-0.2, -0.15) is 5.26 Å². The number of hydrogen-bond donors (Lipinski definition) is 0. The van der Waals surface area contributed by atoms with Crippen molar-refractivity contribution in [2.45, 2.75) is 25.7 Å². The molecule has 0 unspecified atom stereocenters. The van der Waals surface area contributed by atoms with E-state index >= 15 is 0 Å². The largest absolute Gasteiger partial charge is 0.370 e. The van der Waals surface area contributed by atoms with Crippen molar-refractivity contribution in [3.63, 3.8) is 0 Å². The fourth-order valence-corrected chi connectivity index (χ4v) is 4.45. The number of rotatable bonds is 5. The monoisotopic (exact) mass is 391 g/mol. The smallest absolute Gasteiger partial charge is 0.225 e. The lowest BCUT2D eigenvalue weighted by molar-refractivity contribution is -0.142. The Balaban J connectivity index is 1.24. The van der Waals surface area contributed by atoms with E-state index in [0.717, 1.165) is 57.5 Å². The van der Waals surface area contributed by atoms with Gasteiger partial charge < -0.3 is 9.80 Å². The first-order valence-electron chi connectivity index (χ1n) is 10.4. The van der Waals surface area contributed by atoms with Crippen molar-refractivity contribution < 1.29 is 9.18 Å². The van der Waals surface area contributed by atoms with Crippen LogP contribution in [0.3, 0.4) is 0 Å². The Kier molecular flexibility index (Phi) is 5.80. The molecule has 2 saturated heterocycles. The predicted molar refractivity (Wildman–Crippen MR) is 111 cm³/mol. The summed E-state index contributed by atoms with van der Waals surface area (Å²) in [5, 5.41) is 9.26. The summed E-state index contributed by atoms with van der Waals surface area (Å²) in [6.07, 6.45) is 3.77. The van der Waals surface area contributed by atoms with E-state index in [0.29, 0.717) is 11.5 Å². The summed E-state index contributed by atoms with van der Waals surface area (Å²) in [6, 6.07) is 16.9. The van der Waals surface area contributed by atoms with Gasteiger partial charge in [-0.15, -0.1) is 0 Å². The van der Waals surface area contributed by atoms with E-state index in [-0.39, 0.29) is 11.8 Å². The molecule has 5 heteroatoms. The van der Waals surface area contributed by atoms with Crippen LogP contribution in [0.4, 0.5) is 10.1 Å². The second kappa shape index (κ2) is 8.65. The fraction of sp³-hybridized carbons (Fsp3) is 0.417. The van der Waals surface area contributed by atoms with E-state index in [2.05, 4.69) is 35.2 Å². The molecule has 2 aromatic rings. The fourth-order valence-electron chi connectivity index (χ4n) is 4.45. The number of carbonyl (C=O) groups excluding carboxylic acids is 1. The minimum absolute atomic E-state index is 0.0623. The first-order valence-corrected chi connectivity index (χ1v) is 10.4. The SMILES string of the molecule is N#Cc1cc(F)ccc1N1CCC(C(=O)N2CC(CCc3ccccc3)C2)CC1. The van der Waals surface area contributed by atoms with Gasteiger partial charge in [-0.25, -0.2) is 4.39 Å². The molecule has 0 N–H and O–H groups in total. The van der Waals surface area contributed by atoms with Crippen LogP contribution in [0, 0.1) is 29.0 Å². The first kappa shape index (κ1) is 19.4. The number of nitriles is 1. The van der Waals surface area contributed by atoms with Gasteiger partial charge in [0.1, 0.15) is 11.9 Å². The second-order valence-corrected chi connectivity index (χ2v) is 8.17. The number of hydrogen-bond acceptors (Lipinski definition) is 3. The van der Waals surface area contributed by atoms with Crippen LogP contribution in [0.2, 0.25) is 0 Å². The minimum Gasteiger partial charge on any atom is -0.370 e. The van der Waals surface area contributed by atoms with Gasteiger partial charge in [-0.05, 0) is 55.4 Å². The van der Waals surface area contributed by atoms with E-state index in [1.54, 1.807) is 6.07 Å². The zero-order valence-corrected chi connectivity index (χ0v) is 16.6. The molecule has 2 aliphatic rings. The standard InChI is InChI=1S/C24H26FN3O/c25-22-8-9-23(21(14-22)15-26)27-12-10-20(11-13-27)24(29)28-16-19(17-28)7-6-18-4-2-1-3-5-18/h1-5,8-9,14,19-20H,6-7,10-13,16-17H2. The molecule has 0 aromatic heterocycles. The number of nitrogens with zero attached hydrogens (tertiary/aromatic N) is 3. The number of halogens is 1. The average Bonchev–Trinajstić information content (AvgIpc) is 2.73. The number of aryl methyl sites for hydroxylation is 1. The predicted octanol–water partition coefficient (Wildman–Crippen LogP) is 4.00. The van der Waals surface area contributed by atoms with Crippen LogP contribution >= 0.6 is 0 Å². The summed E-state index contributed by atoms with van der Waals surface area (Å²) < 4.78 is 13.4. The van der Waals surface area contributed by atoms with Gasteiger partial charge in [-0.3, -0.25) is 4.79 Å². The molecule has 4 nitrogen and oxygen atoms in total. The van der Waals surface area contributed by atoms with Crippen molar-refractivity contribution in [3.8, 4) is 6.07 Å². The number of carbonyl (C=O) groups is 1. The van der Waals surface area contributed by atoms with Gasteiger partial charge in [0.25, 0.3) is 0 Å². The van der Waals surface area contributed by atoms with E-state index in [4.69, 9.17) is 0 Å². The lowest BCUT2D eigenvalue weighted by Gasteiger charge is -2.43. The van der Waals surface area contributed by atoms with Gasteiger partial charge in [-0.1, -0.05) is 30.3 Å². The molecule has 2 fully saturated rings. The van der Waals surface area contributed by atoms with Gasteiger partial charge >= 0.3 is 0 Å². The highest BCUT2D eigenvalue weighted by Crippen LogP contribution is 2.30. The number of benzene rings is 2. The number of piperidine rings is 1. The quantitative estimate of drug-likeness (QED) is 0.774. The van der Waals surface area contributed by atoms with Crippen LogP contribution < -0.4 is 4.90 Å². The van der Waals surface area contributed by atoms with Crippen LogP contribution in [0.15, 0.2) is 48.5 Å². The van der Waals surface area contributed by atoms with Gasteiger partial charge in [0.15, 0.2) is 0 Å². The Morgan fingerprint density at radius 2 is 1.83 bits per heavy atom. The van der Waals surface area contributed by atoms with Crippen molar-refractivity contribution >= 4 is 11.6 Å². The van der Waals surface area contributed by atoms with Crippen molar-refractivity contribution in [1.82, 2.24) is 4.90 Å². The Bertz CT molecular complexity index is 894. The Labute approximate surface area is 171 Å². The molecule has 2 heterocycles. The Hall–Kier alpha value is -2.87. The molecule has 4 rings (SSSR count). The molecular weight excluding hydrogens is 365 g/mol. The second-order valence-electron chi connectivity index (χ2n) is 8.17. The zero-order chi connectivity index (χ0) is 20.2. The highest BCUT2D eigenvalue weighted by Gasteiger charge is 2.35. The summed E-state index contributed by atoms with van der Waals surface area (Å²) in [4.78, 5) is 16.9. The van der Waals surface area contributed by atoms with E-state index in [1.807, 2.05) is 11.0 Å². The molecule has 0 radical (unpaired) electrons. The average molecular weight is 391 g/mol. The highest BCUT2D eigenvalue weighted by molar-refractivity contribution is 5.80. The van der Waals surface area contributed by atoms with Crippen molar-refractivity contribution in [3.05, 3.63) is 65.5 Å². The summed E-state index contributed by atoms with van der Waals surface area (Å²) in [6.45, 7) is 3.20. The summed E-state index contributed by atoms with van der Waals surface area (Å²) in [5.41, 5.74) is 2.49. The molecule has 0 saturated carbocycles. The molecule has 0 bridgehead atoms. The number of anilines is 1. The number of likely N-dealkylation sites (tertiary alicyclic amines) is 1. The van der Waals surface area contributed by atoms with Crippen LogP contribution in [-0.4, -0.2) is 37.0 Å². The van der Waals surface area contributed by atoms with E-state index in [1.165, 1.54) is 17.7 Å². The molecule has 1 amide bonds. The maximum Gasteiger partial charge on any atom is 0.225 e. The molecule has 0 spiro atoms. The maximum absolute atomic E-state index is 13.4. The third-order valence-corrected chi connectivity index (χ3v) is 6.22. The summed E-state index contributed by atoms with van der Waals surface area (Å²) in [5.74, 6) is 0.555. The Morgan fingerprint density at radius 1 is 1.10 bits per heavy atom. The van der Waals surface area contributed by atoms with E-state index < -0.39 is 5.82 Å². The topological polar surface area (TPSA) is 47.3 Å².